The highest BCUT2D eigenvalue weighted by Crippen LogP contribution is 2.28. The van der Waals surface area contributed by atoms with E-state index in [2.05, 4.69) is 47.9 Å². The zero-order chi connectivity index (χ0) is 77.7. The summed E-state index contributed by atoms with van der Waals surface area (Å²) < 4.78 is 44.7. The molecule has 0 saturated carbocycles. The minimum atomic E-state index is -4.15. The lowest BCUT2D eigenvalue weighted by molar-refractivity contribution is -0.143. The van der Waals surface area contributed by atoms with E-state index in [-0.39, 0.29) is 151 Å². The van der Waals surface area contributed by atoms with E-state index < -0.39 is 88.0 Å². The van der Waals surface area contributed by atoms with Crippen molar-refractivity contribution in [2.24, 2.45) is 5.92 Å². The summed E-state index contributed by atoms with van der Waals surface area (Å²) in [6, 6.07) is 24.3. The Kier molecular flexibility index (Phi) is 37.2. The van der Waals surface area contributed by atoms with Gasteiger partial charge in [-0.3, -0.25) is 43.3 Å². The maximum Gasteiger partial charge on any atom is 0.326 e. The zero-order valence-electron chi connectivity index (χ0n) is 62.0. The molecule has 31 heteroatoms. The summed E-state index contributed by atoms with van der Waals surface area (Å²) in [6.07, 6.45) is 4.75. The number of carboxylic acids is 2. The van der Waals surface area contributed by atoms with Crippen LogP contribution in [0.15, 0.2) is 114 Å². The van der Waals surface area contributed by atoms with Crippen LogP contribution in [-0.2, 0) is 85.1 Å². The third-order valence-electron chi connectivity index (χ3n) is 18.3. The van der Waals surface area contributed by atoms with Crippen LogP contribution < -0.4 is 47.9 Å². The van der Waals surface area contributed by atoms with Crippen LogP contribution in [0.4, 0.5) is 16.2 Å². The normalized spacial score (nSPS) is 16.7. The number of urea groups is 1. The second kappa shape index (κ2) is 46.0. The van der Waals surface area contributed by atoms with Gasteiger partial charge in [-0.15, -0.1) is 0 Å². The number of aryl methyl sites for hydroxylation is 1. The molecule has 2 heterocycles. The van der Waals surface area contributed by atoms with Crippen molar-refractivity contribution < 1.29 is 85.6 Å². The number of likely N-dealkylation sites (N-methyl/N-ethyl adjacent to an activating group) is 1. The van der Waals surface area contributed by atoms with Gasteiger partial charge < -0.3 is 77.2 Å². The number of carbonyl (C=O) groups is 11. The molecule has 7 atom stereocenters. The van der Waals surface area contributed by atoms with Crippen LogP contribution in [0.25, 0.3) is 0 Å². The molecular formula is C76H108N12O18S. The third-order valence-corrected chi connectivity index (χ3v) is 20.1. The number of nitrogens with zero attached hydrogens (tertiary/aromatic N) is 3. The molecule has 0 radical (unpaired) electrons. The first-order valence-corrected chi connectivity index (χ1v) is 38.3. The summed E-state index contributed by atoms with van der Waals surface area (Å²) in [5.74, 6) is -5.48. The average Bonchev–Trinajstić information content (AvgIpc) is 1.66. The Hall–Kier alpha value is -9.40. The van der Waals surface area contributed by atoms with Gasteiger partial charge >= 0.3 is 18.0 Å². The highest BCUT2D eigenvalue weighted by molar-refractivity contribution is 7.89. The van der Waals surface area contributed by atoms with E-state index in [1.165, 1.54) is 17.0 Å². The standard InChI is InChI=1S/C76H108N12O18S/c1-6-60(74(97)98)83-73(96)65-48-58(51-88(65)107(102,103)59-24-13-8-14-25-59)81-69(92)28-16-10-20-37-78-67(90)35-40-105-42-44-106-43-41-104-39-34-66(89)77-36-19-9-15-27-68(91)80-57-47-64(87(50-57)49-55-22-11-7-12-23-55)72(95)84-62(75(99)100)33-38-79-71(94)63(45-52(2)3)86(5)70(93)46-54-29-31-56(32-30-54)82-76(101)85-61-26-18-17-21-53(61)4/h7-8,11-14,17-18,21-26,29-32,52,57-58,60,62-65H,6,9-10,15-16,19-20,27-28,33-51H2,1-5H3,(H,77,89)(H,78,90)(H,79,94)(H,80,91)(H,81,92)(H,83,96)(H,84,95)(H,97,98)(H,99,100)(H2,82,85,101)/t57-,58-,60+,62+,63+,64+,65+/m1/s1. The van der Waals surface area contributed by atoms with Gasteiger partial charge in [0.15, 0.2) is 0 Å². The van der Waals surface area contributed by atoms with Gasteiger partial charge in [-0.1, -0.05) is 112 Å². The Labute approximate surface area is 626 Å². The van der Waals surface area contributed by atoms with Crippen molar-refractivity contribution in [1.82, 2.24) is 51.3 Å². The number of rotatable bonds is 48. The van der Waals surface area contributed by atoms with Crippen molar-refractivity contribution in [2.45, 2.75) is 184 Å². The molecule has 0 spiro atoms. The van der Waals surface area contributed by atoms with Gasteiger partial charge in [-0.05, 0) is 118 Å². The van der Waals surface area contributed by atoms with Gasteiger partial charge in [-0.2, -0.15) is 4.31 Å². The number of benzene rings is 4. The monoisotopic (exact) mass is 1510 g/mol. The van der Waals surface area contributed by atoms with Crippen LogP contribution in [0.5, 0.6) is 0 Å². The van der Waals surface area contributed by atoms with Gasteiger partial charge in [0, 0.05) is 95.5 Å². The molecule has 0 aliphatic carbocycles. The topological polar surface area (TPSA) is 408 Å². The van der Waals surface area contributed by atoms with E-state index in [0.29, 0.717) is 88.1 Å². The molecule has 2 saturated heterocycles. The Balaban J connectivity index is 0.772. The van der Waals surface area contributed by atoms with Crippen LogP contribution >= 0.6 is 0 Å². The highest BCUT2D eigenvalue weighted by Gasteiger charge is 2.45. The average molecular weight is 1510 g/mol. The third kappa shape index (κ3) is 30.8. The molecule has 586 valence electrons. The molecule has 30 nitrogen and oxygen atoms in total. The largest absolute Gasteiger partial charge is 0.480 e. The Bertz CT molecular complexity index is 3650. The van der Waals surface area contributed by atoms with Crippen LogP contribution in [0.3, 0.4) is 0 Å². The first kappa shape index (κ1) is 86.5. The lowest BCUT2D eigenvalue weighted by atomic mass is 10.0. The Morgan fingerprint density at radius 3 is 1.64 bits per heavy atom. The van der Waals surface area contributed by atoms with E-state index in [4.69, 9.17) is 14.2 Å². The summed E-state index contributed by atoms with van der Waals surface area (Å²) >= 11 is 0. The maximum absolute atomic E-state index is 14.0. The predicted octanol–water partition coefficient (Wildman–Crippen LogP) is 5.00. The van der Waals surface area contributed by atoms with Gasteiger partial charge in [0.1, 0.15) is 24.2 Å². The molecule has 107 heavy (non-hydrogen) atoms. The number of para-hydroxylation sites is 1. The second-order valence-electron chi connectivity index (χ2n) is 27.2. The number of hydrogen-bond acceptors (Lipinski definition) is 17. The van der Waals surface area contributed by atoms with Crippen molar-refractivity contribution in [3.8, 4) is 0 Å². The molecule has 2 aliphatic rings. The van der Waals surface area contributed by atoms with E-state index in [1.54, 1.807) is 62.5 Å². The molecule has 11 N–H and O–H groups in total. The van der Waals surface area contributed by atoms with Crippen molar-refractivity contribution in [2.75, 3.05) is 90.0 Å². The fourth-order valence-corrected chi connectivity index (χ4v) is 14.0. The lowest BCUT2D eigenvalue weighted by Crippen LogP contribution is -2.51. The SMILES string of the molecule is CC[C@H](NC(=O)[C@@H]1C[C@@H](NC(=O)CCCCCNC(=O)CCOCCOCCOCCC(=O)NCCCCCC(=O)N[C@@H]2C[C@@H](C(=O)N[C@@H](CCNC(=O)[C@H](CC(C)C)N(C)C(=O)Cc3ccc(NC(=O)Nc4ccccc4C)cc3)C(=O)O)N(Cc3ccccc3)C2)CN1S(=O)(=O)c1ccccc1)C(=O)O. The molecule has 0 bridgehead atoms. The van der Waals surface area contributed by atoms with Crippen molar-refractivity contribution in [3.05, 3.63) is 126 Å². The second-order valence-corrected chi connectivity index (χ2v) is 29.1. The Morgan fingerprint density at radius 2 is 1.08 bits per heavy atom. The van der Waals surface area contributed by atoms with Crippen molar-refractivity contribution in [3.63, 3.8) is 0 Å². The zero-order valence-corrected chi connectivity index (χ0v) is 62.8. The van der Waals surface area contributed by atoms with Crippen LogP contribution in [0.1, 0.15) is 134 Å². The molecule has 10 amide bonds. The van der Waals surface area contributed by atoms with Crippen molar-refractivity contribution >= 4 is 86.6 Å². The van der Waals surface area contributed by atoms with Crippen LogP contribution in [0.2, 0.25) is 0 Å². The fourth-order valence-electron chi connectivity index (χ4n) is 12.3. The molecule has 0 unspecified atom stereocenters. The molecular weight excluding hydrogens is 1400 g/mol. The number of aliphatic carboxylic acids is 2. The first-order chi connectivity index (χ1) is 51.3. The fraction of sp³-hybridized carbons (Fsp3) is 0.539. The number of carbonyl (C=O) groups excluding carboxylic acids is 9. The predicted molar refractivity (Wildman–Crippen MR) is 400 cm³/mol. The number of hydrogen-bond donors (Lipinski definition) is 11. The number of nitrogens with one attached hydrogen (secondary N) is 9. The summed E-state index contributed by atoms with van der Waals surface area (Å²) in [5, 5.41) is 44.8. The van der Waals surface area contributed by atoms with Gasteiger partial charge in [0.25, 0.3) is 0 Å². The van der Waals surface area contributed by atoms with E-state index >= 15 is 0 Å². The summed E-state index contributed by atoms with van der Waals surface area (Å²) in [4.78, 5) is 146. The number of ether oxygens (including phenoxy) is 3. The first-order valence-electron chi connectivity index (χ1n) is 36.8. The molecule has 4 aromatic carbocycles. The van der Waals surface area contributed by atoms with E-state index in [0.717, 1.165) is 15.4 Å². The smallest absolute Gasteiger partial charge is 0.326 e. The number of amides is 10. The van der Waals surface area contributed by atoms with Gasteiger partial charge in [0.05, 0.1) is 57.0 Å². The van der Waals surface area contributed by atoms with Gasteiger partial charge in [0.2, 0.25) is 57.3 Å². The highest BCUT2D eigenvalue weighted by atomic mass is 32.2. The molecule has 2 aliphatic heterocycles. The minimum Gasteiger partial charge on any atom is -0.480 e. The number of sulfonamides is 1. The number of likely N-dealkylation sites (tertiary alicyclic amines) is 1. The maximum atomic E-state index is 14.0. The van der Waals surface area contributed by atoms with Crippen molar-refractivity contribution in [1.29, 1.82) is 0 Å². The van der Waals surface area contributed by atoms with E-state index in [1.807, 2.05) is 74.2 Å². The van der Waals surface area contributed by atoms with Gasteiger partial charge in [-0.25, -0.2) is 22.8 Å². The van der Waals surface area contributed by atoms with Crippen LogP contribution in [0, 0.1) is 12.8 Å². The molecule has 4 aromatic rings. The lowest BCUT2D eigenvalue weighted by Gasteiger charge is -2.29. The molecule has 0 aromatic heterocycles. The molecule has 2 fully saturated rings. The number of anilines is 2. The number of unbranched alkanes of at least 4 members (excludes halogenated alkanes) is 4. The quantitative estimate of drug-likeness (QED) is 0.0259. The Morgan fingerprint density at radius 1 is 0.561 bits per heavy atom. The summed E-state index contributed by atoms with van der Waals surface area (Å²) in [6.45, 7) is 10.0. The number of carboxylic acid groups (broad SMARTS) is 2. The summed E-state index contributed by atoms with van der Waals surface area (Å²) in [5.41, 5.74) is 3.70. The minimum absolute atomic E-state index is 0.0186. The van der Waals surface area contributed by atoms with E-state index in [9.17, 15) is 71.4 Å². The molecule has 6 rings (SSSR count). The van der Waals surface area contributed by atoms with Crippen LogP contribution in [-0.4, -0.2) is 220 Å². The summed E-state index contributed by atoms with van der Waals surface area (Å²) in [7, 11) is -2.60.